The molecule has 0 saturated heterocycles. The second-order valence-electron chi connectivity index (χ2n) is 2.13. The van der Waals surface area contributed by atoms with Crippen molar-refractivity contribution >= 4 is 17.9 Å². The van der Waals surface area contributed by atoms with Crippen molar-refractivity contribution in [2.75, 3.05) is 6.61 Å². The molecular formula is C6H9LiO7. The Bertz CT molecular complexity index is 232. The summed E-state index contributed by atoms with van der Waals surface area (Å²) in [6, 6.07) is 0. The minimum atomic E-state index is -1.62. The van der Waals surface area contributed by atoms with E-state index in [1.54, 1.807) is 0 Å². The van der Waals surface area contributed by atoms with Crippen molar-refractivity contribution in [3.8, 4) is 0 Å². The van der Waals surface area contributed by atoms with Crippen molar-refractivity contribution in [1.82, 2.24) is 0 Å². The standard InChI is InChI=1S/C6H8O7.Li.H/c7-4(8)1-3(6(11)12)13-2-5(9)10;;/h3H,1-2H2,(H,7,8)(H,9,10)(H,11,12);;/q;+1;-1. The first-order valence-electron chi connectivity index (χ1n) is 3.21. The molecule has 0 aliphatic rings. The fourth-order valence-corrected chi connectivity index (χ4v) is 0.548. The van der Waals surface area contributed by atoms with E-state index in [2.05, 4.69) is 4.74 Å². The maximum absolute atomic E-state index is 10.3. The Hall–Kier alpha value is -1.03. The van der Waals surface area contributed by atoms with Gasteiger partial charge in [-0.3, -0.25) is 4.79 Å². The molecule has 0 aliphatic heterocycles. The van der Waals surface area contributed by atoms with Gasteiger partial charge in [-0.15, -0.1) is 0 Å². The van der Waals surface area contributed by atoms with Crippen LogP contribution in [0.2, 0.25) is 0 Å². The van der Waals surface area contributed by atoms with Crippen LogP contribution in [-0.4, -0.2) is 45.9 Å². The zero-order chi connectivity index (χ0) is 10.4. The van der Waals surface area contributed by atoms with Gasteiger partial charge in [-0.2, -0.15) is 0 Å². The Morgan fingerprint density at radius 1 is 1.14 bits per heavy atom. The van der Waals surface area contributed by atoms with E-state index in [1.807, 2.05) is 0 Å². The van der Waals surface area contributed by atoms with Crippen LogP contribution >= 0.6 is 0 Å². The first kappa shape index (κ1) is 15.4. The first-order chi connectivity index (χ1) is 5.93. The third-order valence-corrected chi connectivity index (χ3v) is 1.04. The predicted molar refractivity (Wildman–Crippen MR) is 38.4 cm³/mol. The van der Waals surface area contributed by atoms with Gasteiger partial charge in [0.25, 0.3) is 0 Å². The van der Waals surface area contributed by atoms with E-state index < -0.39 is 37.0 Å². The monoisotopic (exact) mass is 200 g/mol. The zero-order valence-electron chi connectivity index (χ0n) is 8.47. The van der Waals surface area contributed by atoms with Crippen LogP contribution in [0.1, 0.15) is 7.85 Å². The van der Waals surface area contributed by atoms with Crippen molar-refractivity contribution < 1.29 is 54.7 Å². The van der Waals surface area contributed by atoms with E-state index >= 15 is 0 Å². The second-order valence-corrected chi connectivity index (χ2v) is 2.13. The van der Waals surface area contributed by atoms with Crippen LogP contribution in [0.5, 0.6) is 0 Å². The Labute approximate surface area is 92.3 Å². The number of carbonyl (C=O) groups is 3. The number of ether oxygens (including phenoxy) is 1. The average molecular weight is 200 g/mol. The van der Waals surface area contributed by atoms with E-state index in [4.69, 9.17) is 15.3 Å². The number of carboxylic acid groups (broad SMARTS) is 3. The van der Waals surface area contributed by atoms with Gasteiger partial charge in [0.05, 0.1) is 6.42 Å². The summed E-state index contributed by atoms with van der Waals surface area (Å²) in [5, 5.41) is 24.7. The summed E-state index contributed by atoms with van der Waals surface area (Å²) >= 11 is 0. The van der Waals surface area contributed by atoms with Gasteiger partial charge in [-0.05, 0) is 0 Å². The number of rotatable bonds is 6. The van der Waals surface area contributed by atoms with Gasteiger partial charge in [0.15, 0.2) is 6.10 Å². The van der Waals surface area contributed by atoms with Crippen molar-refractivity contribution in [1.29, 1.82) is 0 Å². The van der Waals surface area contributed by atoms with Crippen molar-refractivity contribution in [2.45, 2.75) is 12.5 Å². The molecule has 0 radical (unpaired) electrons. The molecule has 0 aromatic rings. The molecule has 1 atom stereocenters. The molecule has 0 heterocycles. The van der Waals surface area contributed by atoms with Crippen LogP contribution in [0.15, 0.2) is 0 Å². The van der Waals surface area contributed by atoms with Crippen LogP contribution < -0.4 is 18.9 Å². The smallest absolute Gasteiger partial charge is 1.00 e. The largest absolute Gasteiger partial charge is 1.00 e. The third-order valence-electron chi connectivity index (χ3n) is 1.04. The number of aliphatic carboxylic acids is 3. The van der Waals surface area contributed by atoms with Gasteiger partial charge < -0.3 is 21.5 Å². The van der Waals surface area contributed by atoms with Crippen molar-refractivity contribution in [3.63, 3.8) is 0 Å². The summed E-state index contributed by atoms with van der Waals surface area (Å²) in [5.41, 5.74) is 0. The molecule has 1 unspecified atom stereocenters. The van der Waals surface area contributed by atoms with Gasteiger partial charge in [-0.1, -0.05) is 0 Å². The van der Waals surface area contributed by atoms with Crippen molar-refractivity contribution in [3.05, 3.63) is 0 Å². The predicted octanol–water partition coefficient (Wildman–Crippen LogP) is -3.87. The van der Waals surface area contributed by atoms with E-state index in [0.717, 1.165) is 0 Å². The van der Waals surface area contributed by atoms with Crippen LogP contribution in [0, 0.1) is 0 Å². The quantitative estimate of drug-likeness (QED) is 0.375. The molecule has 0 fully saturated rings. The minimum absolute atomic E-state index is 0. The molecule has 0 amide bonds. The molecule has 76 valence electrons. The van der Waals surface area contributed by atoms with Crippen LogP contribution in [0.25, 0.3) is 0 Å². The molecule has 0 saturated carbocycles. The Morgan fingerprint density at radius 2 is 1.64 bits per heavy atom. The Balaban J connectivity index is -0.000000720. The SMILES string of the molecule is O=C(O)COC(CC(=O)O)C(=O)O.[H-].[Li+]. The van der Waals surface area contributed by atoms with E-state index in [9.17, 15) is 14.4 Å². The number of carboxylic acids is 3. The molecule has 0 aromatic carbocycles. The normalized spacial score (nSPS) is 11.1. The molecule has 7 nitrogen and oxygen atoms in total. The van der Waals surface area contributed by atoms with Crippen molar-refractivity contribution in [2.24, 2.45) is 0 Å². The number of hydrogen-bond acceptors (Lipinski definition) is 4. The maximum Gasteiger partial charge on any atom is 1.00 e. The third kappa shape index (κ3) is 7.61. The van der Waals surface area contributed by atoms with Crippen LogP contribution in [-0.2, 0) is 19.1 Å². The van der Waals surface area contributed by atoms with Gasteiger partial charge in [0.2, 0.25) is 0 Å². The zero-order valence-corrected chi connectivity index (χ0v) is 7.47. The first-order valence-corrected chi connectivity index (χ1v) is 3.21. The molecular weight excluding hydrogens is 191 g/mol. The summed E-state index contributed by atoms with van der Waals surface area (Å²) in [7, 11) is 0. The molecule has 0 bridgehead atoms. The summed E-state index contributed by atoms with van der Waals surface area (Å²) < 4.78 is 4.30. The topological polar surface area (TPSA) is 121 Å². The van der Waals surface area contributed by atoms with E-state index in [0.29, 0.717) is 0 Å². The molecule has 0 aromatic heterocycles. The summed E-state index contributed by atoms with van der Waals surface area (Å²) in [4.78, 5) is 30.3. The second kappa shape index (κ2) is 7.38. The van der Waals surface area contributed by atoms with Gasteiger partial charge in [-0.25, -0.2) is 9.59 Å². The fraction of sp³-hybridized carbons (Fsp3) is 0.500. The summed E-state index contributed by atoms with van der Waals surface area (Å²) in [5.74, 6) is -4.21. The molecule has 3 N–H and O–H groups in total. The summed E-state index contributed by atoms with van der Waals surface area (Å²) in [6.07, 6.45) is -2.38. The summed E-state index contributed by atoms with van der Waals surface area (Å²) in [6.45, 7) is -0.829. The Morgan fingerprint density at radius 3 is 1.93 bits per heavy atom. The molecule has 0 rings (SSSR count). The van der Waals surface area contributed by atoms with Gasteiger partial charge in [0.1, 0.15) is 6.61 Å². The van der Waals surface area contributed by atoms with E-state index in [1.165, 1.54) is 0 Å². The minimum Gasteiger partial charge on any atom is -1.00 e. The molecule has 14 heavy (non-hydrogen) atoms. The molecule has 0 aliphatic carbocycles. The number of hydrogen-bond donors (Lipinski definition) is 3. The average Bonchev–Trinajstić information content (AvgIpc) is 1.96. The fourth-order valence-electron chi connectivity index (χ4n) is 0.548. The molecule has 0 spiro atoms. The van der Waals surface area contributed by atoms with Crippen LogP contribution in [0.4, 0.5) is 0 Å². The van der Waals surface area contributed by atoms with E-state index in [-0.39, 0.29) is 20.3 Å². The maximum atomic E-state index is 10.3. The molecule has 8 heteroatoms. The van der Waals surface area contributed by atoms with Gasteiger partial charge >= 0.3 is 36.8 Å². The van der Waals surface area contributed by atoms with Crippen LogP contribution in [0.3, 0.4) is 0 Å². The Kier molecular flexibility index (Phi) is 8.14. The van der Waals surface area contributed by atoms with Gasteiger partial charge in [0, 0.05) is 0 Å².